The van der Waals surface area contributed by atoms with Crippen molar-refractivity contribution in [1.82, 2.24) is 14.7 Å². The smallest absolute Gasteiger partial charge is 0.0814 e. The molecular formula is C15H25N3O2. The predicted molar refractivity (Wildman–Crippen MR) is 76.4 cm³/mol. The van der Waals surface area contributed by atoms with Crippen LogP contribution in [-0.2, 0) is 23.1 Å². The summed E-state index contributed by atoms with van der Waals surface area (Å²) in [5.41, 5.74) is 1.72. The van der Waals surface area contributed by atoms with Gasteiger partial charge in [-0.25, -0.2) is 0 Å². The molecule has 3 heterocycles. The molecule has 0 saturated carbocycles. The lowest BCUT2D eigenvalue weighted by molar-refractivity contribution is 0.0284. The van der Waals surface area contributed by atoms with Crippen molar-refractivity contribution in [3.05, 3.63) is 18.0 Å². The number of nitrogens with zero attached hydrogens (tertiary/aromatic N) is 3. The van der Waals surface area contributed by atoms with Crippen molar-refractivity contribution in [2.45, 2.75) is 31.9 Å². The monoisotopic (exact) mass is 279 g/mol. The van der Waals surface area contributed by atoms with E-state index in [1.807, 2.05) is 17.9 Å². The van der Waals surface area contributed by atoms with Gasteiger partial charge in [0.2, 0.25) is 0 Å². The van der Waals surface area contributed by atoms with Crippen LogP contribution < -0.4 is 0 Å². The van der Waals surface area contributed by atoms with Crippen molar-refractivity contribution in [2.75, 3.05) is 33.4 Å². The summed E-state index contributed by atoms with van der Waals surface area (Å²) in [4.78, 5) is 2.53. The molecule has 20 heavy (non-hydrogen) atoms. The van der Waals surface area contributed by atoms with Crippen LogP contribution in [0.25, 0.3) is 0 Å². The Labute approximate surface area is 120 Å². The number of ether oxygens (including phenoxy) is 2. The van der Waals surface area contributed by atoms with Crippen molar-refractivity contribution in [3.63, 3.8) is 0 Å². The van der Waals surface area contributed by atoms with Gasteiger partial charge in [-0.1, -0.05) is 0 Å². The van der Waals surface area contributed by atoms with Crippen molar-refractivity contribution in [3.8, 4) is 0 Å². The number of hydrogen-bond donors (Lipinski definition) is 0. The summed E-state index contributed by atoms with van der Waals surface area (Å²) >= 11 is 0. The minimum atomic E-state index is 0.310. The van der Waals surface area contributed by atoms with Crippen LogP contribution in [0.15, 0.2) is 12.4 Å². The summed E-state index contributed by atoms with van der Waals surface area (Å²) in [5, 5.41) is 4.24. The quantitative estimate of drug-likeness (QED) is 0.836. The Hall–Kier alpha value is -0.910. The van der Waals surface area contributed by atoms with E-state index in [0.29, 0.717) is 11.5 Å². The van der Waals surface area contributed by atoms with Crippen LogP contribution in [0.2, 0.25) is 0 Å². The van der Waals surface area contributed by atoms with Gasteiger partial charge in [-0.2, -0.15) is 5.10 Å². The zero-order valence-electron chi connectivity index (χ0n) is 12.5. The molecule has 1 aromatic rings. The third-order valence-electron chi connectivity index (χ3n) is 4.72. The van der Waals surface area contributed by atoms with E-state index in [1.165, 1.54) is 24.8 Å². The van der Waals surface area contributed by atoms with E-state index in [0.717, 1.165) is 32.8 Å². The molecule has 5 nitrogen and oxygen atoms in total. The fourth-order valence-corrected chi connectivity index (χ4v) is 3.53. The summed E-state index contributed by atoms with van der Waals surface area (Å²) < 4.78 is 13.0. The van der Waals surface area contributed by atoms with E-state index in [1.54, 1.807) is 7.11 Å². The first-order chi connectivity index (χ1) is 9.69. The second-order valence-corrected chi connectivity index (χ2v) is 6.39. The van der Waals surface area contributed by atoms with Crippen LogP contribution in [0, 0.1) is 5.41 Å². The molecule has 2 aliphatic rings. The topological polar surface area (TPSA) is 39.5 Å². The van der Waals surface area contributed by atoms with Crippen LogP contribution in [0.1, 0.15) is 24.8 Å². The average molecular weight is 279 g/mol. The van der Waals surface area contributed by atoms with Crippen molar-refractivity contribution >= 4 is 0 Å². The highest BCUT2D eigenvalue weighted by molar-refractivity contribution is 5.04. The average Bonchev–Trinajstić information content (AvgIpc) is 3.01. The zero-order valence-corrected chi connectivity index (χ0v) is 12.5. The molecule has 0 aliphatic carbocycles. The number of piperidine rings is 1. The van der Waals surface area contributed by atoms with Crippen LogP contribution in [0.4, 0.5) is 0 Å². The van der Waals surface area contributed by atoms with Crippen molar-refractivity contribution < 1.29 is 9.47 Å². The molecule has 1 aromatic heterocycles. The molecule has 1 spiro atoms. The van der Waals surface area contributed by atoms with Gasteiger partial charge < -0.3 is 9.47 Å². The van der Waals surface area contributed by atoms with Gasteiger partial charge in [0.15, 0.2) is 0 Å². The first-order valence-corrected chi connectivity index (χ1v) is 7.50. The fraction of sp³-hybridized carbons (Fsp3) is 0.800. The maximum Gasteiger partial charge on any atom is 0.0814 e. The molecule has 2 aliphatic heterocycles. The molecule has 0 aromatic carbocycles. The van der Waals surface area contributed by atoms with Crippen molar-refractivity contribution in [2.24, 2.45) is 12.5 Å². The van der Waals surface area contributed by atoms with E-state index in [2.05, 4.69) is 16.2 Å². The fourth-order valence-electron chi connectivity index (χ4n) is 3.53. The molecule has 0 bridgehead atoms. The summed E-state index contributed by atoms with van der Waals surface area (Å²) in [6.07, 6.45) is 8.04. The van der Waals surface area contributed by atoms with Crippen molar-refractivity contribution in [1.29, 1.82) is 0 Å². The second-order valence-electron chi connectivity index (χ2n) is 6.39. The lowest BCUT2D eigenvalue weighted by Gasteiger charge is -2.38. The number of aryl methyl sites for hydroxylation is 1. The Bertz CT molecular complexity index is 438. The van der Waals surface area contributed by atoms with Crippen LogP contribution in [-0.4, -0.2) is 54.2 Å². The summed E-state index contributed by atoms with van der Waals surface area (Å²) in [7, 11) is 3.73. The van der Waals surface area contributed by atoms with Gasteiger partial charge in [-0.3, -0.25) is 9.58 Å². The van der Waals surface area contributed by atoms with E-state index in [4.69, 9.17) is 9.47 Å². The molecule has 2 saturated heterocycles. The lowest BCUT2D eigenvalue weighted by atomic mass is 9.76. The highest BCUT2D eigenvalue weighted by atomic mass is 16.5. The number of methoxy groups -OCH3 is 1. The normalized spacial score (nSPS) is 26.4. The highest BCUT2D eigenvalue weighted by Gasteiger charge is 2.42. The van der Waals surface area contributed by atoms with Gasteiger partial charge in [0.05, 0.1) is 25.5 Å². The van der Waals surface area contributed by atoms with Gasteiger partial charge in [-0.05, 0) is 37.8 Å². The highest BCUT2D eigenvalue weighted by Crippen LogP contribution is 2.42. The minimum Gasteiger partial charge on any atom is -0.382 e. The third kappa shape index (κ3) is 3.05. The summed E-state index contributed by atoms with van der Waals surface area (Å²) in [6.45, 7) is 5.01. The Kier molecular flexibility index (Phi) is 4.10. The van der Waals surface area contributed by atoms with Gasteiger partial charge in [0.1, 0.15) is 0 Å². The molecule has 5 heteroatoms. The molecule has 3 rings (SSSR count). The van der Waals surface area contributed by atoms with E-state index in [-0.39, 0.29) is 0 Å². The largest absolute Gasteiger partial charge is 0.382 e. The second kappa shape index (κ2) is 5.84. The SMILES string of the molecule is COC[C@@H]1CC2(CCN(Cc3cnn(C)c3)CC2)CO1. The first kappa shape index (κ1) is 14.0. The molecule has 112 valence electrons. The number of hydrogen-bond acceptors (Lipinski definition) is 4. The Morgan fingerprint density at radius 3 is 2.90 bits per heavy atom. The van der Waals surface area contributed by atoms with Crippen LogP contribution in [0.3, 0.4) is 0 Å². The van der Waals surface area contributed by atoms with Crippen LogP contribution in [0.5, 0.6) is 0 Å². The number of rotatable bonds is 4. The Morgan fingerprint density at radius 1 is 1.45 bits per heavy atom. The number of aromatic nitrogens is 2. The van der Waals surface area contributed by atoms with Gasteiger partial charge in [-0.15, -0.1) is 0 Å². The lowest BCUT2D eigenvalue weighted by Crippen LogP contribution is -2.40. The molecule has 0 N–H and O–H groups in total. The van der Waals surface area contributed by atoms with E-state index < -0.39 is 0 Å². The Balaban J connectivity index is 1.50. The maximum absolute atomic E-state index is 5.89. The molecule has 0 unspecified atom stereocenters. The van der Waals surface area contributed by atoms with E-state index >= 15 is 0 Å². The summed E-state index contributed by atoms with van der Waals surface area (Å²) in [5.74, 6) is 0. The standard InChI is InChI=1S/C15H25N3O2/c1-17-9-13(8-16-17)10-18-5-3-15(4-6-18)7-14(11-19-2)20-12-15/h8-9,14H,3-7,10-12H2,1-2H3/t14-/m0/s1. The molecule has 0 radical (unpaired) electrons. The zero-order chi connectivity index (χ0) is 14.0. The third-order valence-corrected chi connectivity index (χ3v) is 4.72. The summed E-state index contributed by atoms with van der Waals surface area (Å²) in [6, 6.07) is 0. The van der Waals surface area contributed by atoms with Crippen LogP contribution >= 0.6 is 0 Å². The van der Waals surface area contributed by atoms with Gasteiger partial charge in [0.25, 0.3) is 0 Å². The van der Waals surface area contributed by atoms with E-state index in [9.17, 15) is 0 Å². The first-order valence-electron chi connectivity index (χ1n) is 7.50. The molecule has 2 fully saturated rings. The maximum atomic E-state index is 5.89. The molecular weight excluding hydrogens is 254 g/mol. The number of likely N-dealkylation sites (tertiary alicyclic amines) is 1. The Morgan fingerprint density at radius 2 is 2.25 bits per heavy atom. The predicted octanol–water partition coefficient (Wildman–Crippen LogP) is 1.44. The molecule has 0 amide bonds. The van der Waals surface area contributed by atoms with Gasteiger partial charge >= 0.3 is 0 Å². The van der Waals surface area contributed by atoms with Gasteiger partial charge in [0, 0.05) is 32.5 Å². The minimum absolute atomic E-state index is 0.310. The molecule has 1 atom stereocenters.